The van der Waals surface area contributed by atoms with Crippen LogP contribution in [0.5, 0.6) is 5.88 Å². The van der Waals surface area contributed by atoms with Crippen LogP contribution < -0.4 is 0 Å². The standard InChI is InChI=1S/C23H16N6O4/c1-12-2-4-13(5-3-12)21-24-18-8-6-14(10-19(18)25-21)22(30)28-27-20-16-11-15(29(32)33)7-9-17(16)26-23(20)31/h2-11,26,31H,1H3,(H,24,25). The number of nitro benzene ring substituents is 1. The van der Waals surface area contributed by atoms with Crippen molar-refractivity contribution in [2.45, 2.75) is 6.92 Å². The second kappa shape index (κ2) is 7.68. The zero-order chi connectivity index (χ0) is 23.1. The van der Waals surface area contributed by atoms with Gasteiger partial charge in [-0.3, -0.25) is 14.9 Å². The normalized spacial score (nSPS) is 11.5. The van der Waals surface area contributed by atoms with Crippen molar-refractivity contribution in [1.29, 1.82) is 0 Å². The molecule has 2 heterocycles. The fourth-order valence-electron chi connectivity index (χ4n) is 3.51. The summed E-state index contributed by atoms with van der Waals surface area (Å²) in [5.41, 5.74) is 3.91. The Labute approximate surface area is 185 Å². The third kappa shape index (κ3) is 3.69. The summed E-state index contributed by atoms with van der Waals surface area (Å²) in [5.74, 6) is -0.294. The van der Waals surface area contributed by atoms with Gasteiger partial charge in [0.25, 0.3) is 11.6 Å². The molecule has 0 fully saturated rings. The molecule has 3 N–H and O–H groups in total. The molecule has 2 aromatic heterocycles. The van der Waals surface area contributed by atoms with Crippen LogP contribution in [0.3, 0.4) is 0 Å². The van der Waals surface area contributed by atoms with Crippen LogP contribution in [0.2, 0.25) is 0 Å². The van der Waals surface area contributed by atoms with Crippen molar-refractivity contribution < 1.29 is 14.8 Å². The number of aromatic hydroxyl groups is 1. The molecular weight excluding hydrogens is 424 g/mol. The monoisotopic (exact) mass is 440 g/mol. The molecule has 0 aliphatic heterocycles. The van der Waals surface area contributed by atoms with Crippen molar-refractivity contribution in [2.75, 3.05) is 0 Å². The molecule has 3 aromatic carbocycles. The zero-order valence-electron chi connectivity index (χ0n) is 17.2. The highest BCUT2D eigenvalue weighted by atomic mass is 16.6. The van der Waals surface area contributed by atoms with Gasteiger partial charge in [0.2, 0.25) is 5.88 Å². The van der Waals surface area contributed by atoms with E-state index in [4.69, 9.17) is 0 Å². The van der Waals surface area contributed by atoms with E-state index in [1.165, 1.54) is 18.2 Å². The number of aromatic amines is 2. The average molecular weight is 440 g/mol. The van der Waals surface area contributed by atoms with E-state index in [2.05, 4.69) is 25.2 Å². The summed E-state index contributed by atoms with van der Waals surface area (Å²) in [5, 5.41) is 29.0. The number of amides is 1. The first-order chi connectivity index (χ1) is 15.9. The Kier molecular flexibility index (Phi) is 4.67. The summed E-state index contributed by atoms with van der Waals surface area (Å²) in [6, 6.07) is 16.8. The van der Waals surface area contributed by atoms with Gasteiger partial charge in [-0.2, -0.15) is 0 Å². The first kappa shape index (κ1) is 20.1. The minimum atomic E-state index is -0.637. The second-order valence-electron chi connectivity index (χ2n) is 7.50. The highest BCUT2D eigenvalue weighted by molar-refractivity contribution is 5.99. The third-order valence-corrected chi connectivity index (χ3v) is 5.24. The molecule has 33 heavy (non-hydrogen) atoms. The SMILES string of the molecule is Cc1ccc(-c2nc3ccc(C(=O)N=Nc4c(O)[nH]c5ccc([N+](=O)[O-])cc45)cc3[nH]2)cc1. The number of hydrogen-bond acceptors (Lipinski definition) is 6. The number of non-ortho nitro benzene ring substituents is 1. The maximum Gasteiger partial charge on any atom is 0.295 e. The molecule has 0 saturated heterocycles. The molecule has 5 rings (SSSR count). The highest BCUT2D eigenvalue weighted by Crippen LogP contribution is 2.37. The minimum Gasteiger partial charge on any atom is -0.493 e. The molecule has 10 nitrogen and oxygen atoms in total. The van der Waals surface area contributed by atoms with E-state index in [9.17, 15) is 20.0 Å². The Morgan fingerprint density at radius 2 is 1.82 bits per heavy atom. The Bertz CT molecular complexity index is 1580. The van der Waals surface area contributed by atoms with Gasteiger partial charge >= 0.3 is 0 Å². The van der Waals surface area contributed by atoms with Gasteiger partial charge in [-0.05, 0) is 31.2 Å². The summed E-state index contributed by atoms with van der Waals surface area (Å²) < 4.78 is 0. The lowest BCUT2D eigenvalue weighted by atomic mass is 10.1. The van der Waals surface area contributed by atoms with E-state index in [1.54, 1.807) is 18.2 Å². The van der Waals surface area contributed by atoms with Crippen LogP contribution >= 0.6 is 0 Å². The zero-order valence-corrected chi connectivity index (χ0v) is 17.2. The van der Waals surface area contributed by atoms with Gasteiger partial charge in [-0.1, -0.05) is 29.8 Å². The molecule has 0 aliphatic carbocycles. The maximum atomic E-state index is 12.6. The average Bonchev–Trinajstić information content (AvgIpc) is 3.37. The minimum absolute atomic E-state index is 0.0497. The number of azo groups is 1. The van der Waals surface area contributed by atoms with Gasteiger partial charge in [0, 0.05) is 28.6 Å². The van der Waals surface area contributed by atoms with Crippen molar-refractivity contribution in [3.8, 4) is 17.3 Å². The fraction of sp³-hybridized carbons (Fsp3) is 0.0435. The van der Waals surface area contributed by atoms with Crippen LogP contribution in [-0.2, 0) is 0 Å². The summed E-state index contributed by atoms with van der Waals surface area (Å²) in [7, 11) is 0. The number of nitro groups is 1. The van der Waals surface area contributed by atoms with Crippen LogP contribution in [-0.4, -0.2) is 30.9 Å². The fourth-order valence-corrected chi connectivity index (χ4v) is 3.51. The molecule has 5 aromatic rings. The van der Waals surface area contributed by atoms with Crippen LogP contribution in [0, 0.1) is 17.0 Å². The first-order valence-corrected chi connectivity index (χ1v) is 9.91. The number of H-pyrrole nitrogens is 2. The van der Waals surface area contributed by atoms with E-state index in [0.717, 1.165) is 11.1 Å². The number of nitrogens with zero attached hydrogens (tertiary/aromatic N) is 4. The molecule has 1 amide bonds. The summed E-state index contributed by atoms with van der Waals surface area (Å²) in [4.78, 5) is 33.5. The predicted octanol–water partition coefficient (Wildman–Crippen LogP) is 5.56. The number of carbonyl (C=O) groups is 1. The van der Waals surface area contributed by atoms with Crippen LogP contribution in [0.1, 0.15) is 15.9 Å². The number of carbonyl (C=O) groups excluding carboxylic acids is 1. The summed E-state index contributed by atoms with van der Waals surface area (Å²) in [6.07, 6.45) is 0. The lowest BCUT2D eigenvalue weighted by Crippen LogP contribution is -1.93. The Morgan fingerprint density at radius 3 is 2.58 bits per heavy atom. The number of aryl methyl sites for hydroxylation is 1. The van der Waals surface area contributed by atoms with Crippen molar-refractivity contribution in [3.63, 3.8) is 0 Å². The van der Waals surface area contributed by atoms with Gasteiger partial charge in [-0.15, -0.1) is 10.2 Å². The van der Waals surface area contributed by atoms with Crippen molar-refractivity contribution >= 4 is 39.2 Å². The topological polar surface area (TPSA) is 150 Å². The Hall–Kier alpha value is -4.86. The molecule has 0 aliphatic rings. The van der Waals surface area contributed by atoms with Gasteiger partial charge in [0.1, 0.15) is 5.82 Å². The largest absolute Gasteiger partial charge is 0.493 e. The van der Waals surface area contributed by atoms with Crippen molar-refractivity contribution in [3.05, 3.63) is 81.9 Å². The molecule has 0 radical (unpaired) electrons. The smallest absolute Gasteiger partial charge is 0.295 e. The maximum absolute atomic E-state index is 12.6. The van der Waals surface area contributed by atoms with E-state index in [0.29, 0.717) is 22.4 Å². The number of fused-ring (bicyclic) bond motifs is 2. The molecule has 162 valence electrons. The van der Waals surface area contributed by atoms with E-state index >= 15 is 0 Å². The number of nitrogens with one attached hydrogen (secondary N) is 2. The highest BCUT2D eigenvalue weighted by Gasteiger charge is 2.16. The lowest BCUT2D eigenvalue weighted by molar-refractivity contribution is -0.384. The summed E-state index contributed by atoms with van der Waals surface area (Å²) >= 11 is 0. The quantitative estimate of drug-likeness (QED) is 0.190. The lowest BCUT2D eigenvalue weighted by Gasteiger charge is -1.96. The van der Waals surface area contributed by atoms with Gasteiger partial charge in [-0.25, -0.2) is 4.98 Å². The second-order valence-corrected chi connectivity index (χ2v) is 7.50. The molecular formula is C23H16N6O4. The number of benzene rings is 3. The van der Waals surface area contributed by atoms with Crippen LogP contribution in [0.15, 0.2) is 70.9 Å². The van der Waals surface area contributed by atoms with Gasteiger partial charge in [0.05, 0.1) is 21.5 Å². The number of hydrogen-bond donors (Lipinski definition) is 3. The Balaban J connectivity index is 1.45. The molecule has 0 saturated carbocycles. The third-order valence-electron chi connectivity index (χ3n) is 5.24. The molecule has 0 bridgehead atoms. The van der Waals surface area contributed by atoms with Gasteiger partial charge in [0.15, 0.2) is 5.69 Å². The molecule has 0 unspecified atom stereocenters. The van der Waals surface area contributed by atoms with Crippen LogP contribution in [0.25, 0.3) is 33.3 Å². The van der Waals surface area contributed by atoms with Crippen LogP contribution in [0.4, 0.5) is 11.4 Å². The number of imidazole rings is 1. The van der Waals surface area contributed by atoms with Crippen molar-refractivity contribution in [1.82, 2.24) is 15.0 Å². The molecule has 0 spiro atoms. The number of aromatic nitrogens is 3. The van der Waals surface area contributed by atoms with E-state index in [-0.39, 0.29) is 28.2 Å². The number of rotatable bonds is 4. The molecule has 0 atom stereocenters. The molecule has 10 heteroatoms. The van der Waals surface area contributed by atoms with E-state index in [1.807, 2.05) is 31.2 Å². The Morgan fingerprint density at radius 1 is 1.03 bits per heavy atom. The van der Waals surface area contributed by atoms with Gasteiger partial charge < -0.3 is 15.1 Å². The summed E-state index contributed by atoms with van der Waals surface area (Å²) in [6.45, 7) is 2.01. The first-order valence-electron chi connectivity index (χ1n) is 9.91. The predicted molar refractivity (Wildman–Crippen MR) is 122 cm³/mol. The van der Waals surface area contributed by atoms with E-state index < -0.39 is 10.8 Å². The van der Waals surface area contributed by atoms with Crippen molar-refractivity contribution in [2.24, 2.45) is 10.2 Å².